The number of aliphatic hydroxyl groups is 1. The van der Waals surface area contributed by atoms with Crippen LogP contribution in [-0.4, -0.2) is 60.9 Å². The molecule has 0 amide bonds. The molecular formula is C29H43F3N4O. The lowest BCUT2D eigenvalue weighted by atomic mass is 9.98. The van der Waals surface area contributed by atoms with Gasteiger partial charge in [-0.25, -0.2) is 4.98 Å². The van der Waals surface area contributed by atoms with E-state index in [9.17, 15) is 13.2 Å². The van der Waals surface area contributed by atoms with Gasteiger partial charge < -0.3 is 15.3 Å². The smallest absolute Gasteiger partial charge is 0.395 e. The van der Waals surface area contributed by atoms with Crippen LogP contribution < -0.4 is 10.2 Å². The molecule has 1 aliphatic rings. The van der Waals surface area contributed by atoms with Crippen molar-refractivity contribution in [2.45, 2.75) is 47.2 Å². The Morgan fingerprint density at radius 1 is 1.05 bits per heavy atom. The zero-order valence-electron chi connectivity index (χ0n) is 22.9. The number of hydrogen-bond donors (Lipinski definition) is 2. The molecule has 0 radical (unpaired) electrons. The second kappa shape index (κ2) is 16.8. The van der Waals surface area contributed by atoms with Gasteiger partial charge in [0.1, 0.15) is 5.82 Å². The number of rotatable bonds is 8. The SMILES string of the molecule is C=C(/C(=C\C)CN1CCN(c2ccc(C(F)(F)F)cn2)CC1)c1ccc(NCCO)cc1.CC.CCC. The second-order valence-corrected chi connectivity index (χ2v) is 8.39. The Morgan fingerprint density at radius 2 is 1.65 bits per heavy atom. The summed E-state index contributed by atoms with van der Waals surface area (Å²) in [7, 11) is 0. The van der Waals surface area contributed by atoms with Gasteiger partial charge in [0.25, 0.3) is 0 Å². The molecule has 0 atom stereocenters. The van der Waals surface area contributed by atoms with Crippen molar-refractivity contribution < 1.29 is 18.3 Å². The average Bonchev–Trinajstić information content (AvgIpc) is 2.92. The number of halogens is 3. The Hall–Kier alpha value is -2.84. The number of aromatic nitrogens is 1. The fourth-order valence-electron chi connectivity index (χ4n) is 3.65. The predicted molar refractivity (Wildman–Crippen MR) is 150 cm³/mol. The van der Waals surface area contributed by atoms with Crippen LogP contribution in [-0.2, 0) is 6.18 Å². The van der Waals surface area contributed by atoms with E-state index >= 15 is 0 Å². The molecule has 1 fully saturated rings. The summed E-state index contributed by atoms with van der Waals surface area (Å²) in [5, 5.41) is 12.0. The standard InChI is InChI=1S/C24H29F3N4O.C3H8.C2H6/c1-3-19(18(2)20-4-7-22(8-5-20)28-10-15-32)17-30-11-13-31(14-12-30)23-9-6-21(16-29-23)24(25,26)27;1-3-2;1-2/h3-9,16,28,32H,2,10-15,17H2,1H3;3H2,1-2H3;1-2H3/b19-3-;;. The van der Waals surface area contributed by atoms with Crippen LogP contribution in [0.2, 0.25) is 0 Å². The first-order valence-corrected chi connectivity index (χ1v) is 13.0. The summed E-state index contributed by atoms with van der Waals surface area (Å²) >= 11 is 0. The van der Waals surface area contributed by atoms with Crippen molar-refractivity contribution in [1.82, 2.24) is 9.88 Å². The van der Waals surface area contributed by atoms with Crippen molar-refractivity contribution in [3.8, 4) is 0 Å². The van der Waals surface area contributed by atoms with Crippen LogP contribution in [0.1, 0.15) is 52.2 Å². The Labute approximate surface area is 220 Å². The van der Waals surface area contributed by atoms with Gasteiger partial charge in [-0.1, -0.05) is 58.9 Å². The third-order valence-corrected chi connectivity index (χ3v) is 5.58. The van der Waals surface area contributed by atoms with Gasteiger partial charge in [0.2, 0.25) is 0 Å². The number of pyridine rings is 1. The zero-order valence-corrected chi connectivity index (χ0v) is 22.9. The molecule has 1 aromatic heterocycles. The number of alkyl halides is 3. The first kappa shape index (κ1) is 32.2. The number of nitrogens with one attached hydrogen (secondary N) is 1. The zero-order chi connectivity index (χ0) is 27.8. The molecular weight excluding hydrogens is 477 g/mol. The number of aliphatic hydroxyl groups excluding tert-OH is 1. The summed E-state index contributed by atoms with van der Waals surface area (Å²) in [6.45, 7) is 18.9. The number of allylic oxidation sites excluding steroid dienone is 1. The highest BCUT2D eigenvalue weighted by molar-refractivity contribution is 5.78. The van der Waals surface area contributed by atoms with E-state index in [0.717, 1.165) is 54.3 Å². The fraction of sp³-hybridized carbons (Fsp3) is 0.483. The second-order valence-electron chi connectivity index (χ2n) is 8.39. The summed E-state index contributed by atoms with van der Waals surface area (Å²) in [6, 6.07) is 10.5. The summed E-state index contributed by atoms with van der Waals surface area (Å²) in [4.78, 5) is 8.34. The molecule has 2 N–H and O–H groups in total. The Morgan fingerprint density at radius 3 is 2.11 bits per heavy atom. The van der Waals surface area contributed by atoms with Gasteiger partial charge in [-0.05, 0) is 47.9 Å². The molecule has 2 heterocycles. The van der Waals surface area contributed by atoms with Gasteiger partial charge in [-0.15, -0.1) is 0 Å². The van der Waals surface area contributed by atoms with Crippen LogP contribution in [0.3, 0.4) is 0 Å². The minimum Gasteiger partial charge on any atom is -0.395 e. The topological polar surface area (TPSA) is 51.6 Å². The quantitative estimate of drug-likeness (QED) is 0.378. The minimum absolute atomic E-state index is 0.0827. The normalized spacial score (nSPS) is 14.2. The van der Waals surface area contributed by atoms with Gasteiger partial charge in [0.05, 0.1) is 12.2 Å². The van der Waals surface area contributed by atoms with Gasteiger partial charge in [0, 0.05) is 51.2 Å². The lowest BCUT2D eigenvalue weighted by Gasteiger charge is -2.36. The van der Waals surface area contributed by atoms with E-state index in [1.54, 1.807) is 0 Å². The third-order valence-electron chi connectivity index (χ3n) is 5.58. The monoisotopic (exact) mass is 520 g/mol. The van der Waals surface area contributed by atoms with E-state index in [1.165, 1.54) is 12.5 Å². The minimum atomic E-state index is -4.37. The summed E-state index contributed by atoms with van der Waals surface area (Å²) in [5.74, 6) is 0.572. The molecule has 0 aliphatic carbocycles. The number of piperazine rings is 1. The predicted octanol–water partition coefficient (Wildman–Crippen LogP) is 6.73. The first-order valence-electron chi connectivity index (χ1n) is 13.0. The van der Waals surface area contributed by atoms with Gasteiger partial charge in [-0.3, -0.25) is 4.90 Å². The molecule has 2 aromatic rings. The Balaban J connectivity index is 0.00000127. The molecule has 37 heavy (non-hydrogen) atoms. The van der Waals surface area contributed by atoms with Gasteiger partial charge in [0.15, 0.2) is 0 Å². The molecule has 0 spiro atoms. The molecule has 3 rings (SSSR count). The lowest BCUT2D eigenvalue weighted by Crippen LogP contribution is -2.47. The van der Waals surface area contributed by atoms with Crippen molar-refractivity contribution >= 4 is 17.1 Å². The van der Waals surface area contributed by atoms with Gasteiger partial charge >= 0.3 is 6.18 Å². The van der Waals surface area contributed by atoms with Crippen LogP contribution >= 0.6 is 0 Å². The van der Waals surface area contributed by atoms with Gasteiger partial charge in [-0.2, -0.15) is 13.2 Å². The highest BCUT2D eigenvalue weighted by atomic mass is 19.4. The van der Waals surface area contributed by atoms with E-state index < -0.39 is 11.7 Å². The van der Waals surface area contributed by atoms with E-state index in [4.69, 9.17) is 5.11 Å². The lowest BCUT2D eigenvalue weighted by molar-refractivity contribution is -0.137. The average molecular weight is 521 g/mol. The largest absolute Gasteiger partial charge is 0.417 e. The Kier molecular flexibility index (Phi) is 14.6. The number of benzene rings is 1. The number of hydrogen-bond acceptors (Lipinski definition) is 5. The molecule has 1 aliphatic heterocycles. The molecule has 206 valence electrons. The molecule has 5 nitrogen and oxygen atoms in total. The third kappa shape index (κ3) is 10.6. The summed E-state index contributed by atoms with van der Waals surface area (Å²) in [6.07, 6.45) is -0.149. The van der Waals surface area contributed by atoms with Crippen molar-refractivity contribution in [2.24, 2.45) is 0 Å². The van der Waals surface area contributed by atoms with Crippen LogP contribution in [0.4, 0.5) is 24.7 Å². The highest BCUT2D eigenvalue weighted by Crippen LogP contribution is 2.30. The first-order chi connectivity index (χ1) is 17.7. The summed E-state index contributed by atoms with van der Waals surface area (Å²) in [5.41, 5.74) is 3.37. The maximum absolute atomic E-state index is 12.7. The van der Waals surface area contributed by atoms with E-state index in [1.807, 2.05) is 49.9 Å². The Bertz CT molecular complexity index is 933. The molecule has 0 bridgehead atoms. The highest BCUT2D eigenvalue weighted by Gasteiger charge is 2.31. The van der Waals surface area contributed by atoms with E-state index in [-0.39, 0.29) is 6.61 Å². The molecule has 0 unspecified atom stereocenters. The summed E-state index contributed by atoms with van der Waals surface area (Å²) < 4.78 is 38.2. The maximum atomic E-state index is 12.7. The molecule has 8 heteroatoms. The van der Waals surface area contributed by atoms with Crippen molar-refractivity contribution in [2.75, 3.05) is 56.1 Å². The fourth-order valence-corrected chi connectivity index (χ4v) is 3.65. The van der Waals surface area contributed by atoms with Crippen LogP contribution in [0.25, 0.3) is 5.57 Å². The van der Waals surface area contributed by atoms with Crippen LogP contribution in [0, 0.1) is 0 Å². The van der Waals surface area contributed by atoms with Crippen LogP contribution in [0.5, 0.6) is 0 Å². The number of anilines is 2. The molecule has 0 saturated carbocycles. The number of nitrogens with zero attached hydrogens (tertiary/aromatic N) is 3. The van der Waals surface area contributed by atoms with Crippen molar-refractivity contribution in [3.05, 3.63) is 72.0 Å². The van der Waals surface area contributed by atoms with Crippen molar-refractivity contribution in [1.29, 1.82) is 0 Å². The van der Waals surface area contributed by atoms with Crippen LogP contribution in [0.15, 0.2) is 60.8 Å². The molecule has 1 aromatic carbocycles. The van der Waals surface area contributed by atoms with Crippen molar-refractivity contribution in [3.63, 3.8) is 0 Å². The molecule has 1 saturated heterocycles. The van der Waals surface area contributed by atoms with E-state index in [2.05, 4.69) is 41.7 Å². The van der Waals surface area contributed by atoms with E-state index in [0.29, 0.717) is 25.5 Å². The maximum Gasteiger partial charge on any atom is 0.417 e.